The van der Waals surface area contributed by atoms with Crippen molar-refractivity contribution in [2.24, 2.45) is 4.99 Å². The summed E-state index contributed by atoms with van der Waals surface area (Å²) in [6.45, 7) is 0. The lowest BCUT2D eigenvalue weighted by Gasteiger charge is -2.37. The van der Waals surface area contributed by atoms with Crippen LogP contribution in [-0.2, 0) is 17.6 Å². The van der Waals surface area contributed by atoms with Crippen LogP contribution in [0.4, 0.5) is 0 Å². The highest BCUT2D eigenvalue weighted by molar-refractivity contribution is 6.12. The van der Waals surface area contributed by atoms with Crippen molar-refractivity contribution >= 4 is 11.7 Å². The zero-order valence-corrected chi connectivity index (χ0v) is 13.3. The Morgan fingerprint density at radius 3 is 2.00 bits per heavy atom. The van der Waals surface area contributed by atoms with Crippen LogP contribution >= 0.6 is 0 Å². The van der Waals surface area contributed by atoms with E-state index in [2.05, 4.69) is 29.3 Å². The summed E-state index contributed by atoms with van der Waals surface area (Å²) in [7, 11) is 0. The SMILES string of the molecule is O=C1N=C2C=CC=CN2C1(Cc1ccccc1)Cc1ccccc1. The van der Waals surface area contributed by atoms with Crippen molar-refractivity contribution in [2.45, 2.75) is 18.4 Å². The molecule has 0 saturated heterocycles. The van der Waals surface area contributed by atoms with Gasteiger partial charge >= 0.3 is 0 Å². The third-order valence-electron chi connectivity index (χ3n) is 4.59. The molecule has 118 valence electrons. The lowest BCUT2D eigenvalue weighted by Crippen LogP contribution is -2.52. The van der Waals surface area contributed by atoms with Gasteiger partial charge in [-0.05, 0) is 23.3 Å². The molecule has 0 fully saturated rings. The highest BCUT2D eigenvalue weighted by Gasteiger charge is 2.49. The minimum Gasteiger partial charge on any atom is -0.317 e. The van der Waals surface area contributed by atoms with Crippen LogP contribution < -0.4 is 0 Å². The van der Waals surface area contributed by atoms with E-state index in [-0.39, 0.29) is 5.91 Å². The van der Waals surface area contributed by atoms with Crippen LogP contribution in [0.15, 0.2) is 90.1 Å². The quantitative estimate of drug-likeness (QED) is 0.865. The number of rotatable bonds is 4. The van der Waals surface area contributed by atoms with E-state index in [4.69, 9.17) is 0 Å². The molecule has 3 heteroatoms. The summed E-state index contributed by atoms with van der Waals surface area (Å²) in [5.74, 6) is 0.663. The normalized spacial score (nSPS) is 17.8. The van der Waals surface area contributed by atoms with Gasteiger partial charge in [0.1, 0.15) is 11.4 Å². The molecule has 0 unspecified atom stereocenters. The van der Waals surface area contributed by atoms with Gasteiger partial charge in [0.05, 0.1) is 0 Å². The van der Waals surface area contributed by atoms with E-state index in [9.17, 15) is 4.79 Å². The van der Waals surface area contributed by atoms with Gasteiger partial charge in [-0.3, -0.25) is 4.79 Å². The summed E-state index contributed by atoms with van der Waals surface area (Å²) in [5, 5.41) is 0. The third-order valence-corrected chi connectivity index (χ3v) is 4.59. The molecule has 0 N–H and O–H groups in total. The number of fused-ring (bicyclic) bond motifs is 1. The predicted molar refractivity (Wildman–Crippen MR) is 95.6 cm³/mol. The maximum absolute atomic E-state index is 13.0. The van der Waals surface area contributed by atoms with Gasteiger partial charge in [-0.2, -0.15) is 4.99 Å². The number of nitrogens with zero attached hydrogens (tertiary/aromatic N) is 2. The van der Waals surface area contributed by atoms with E-state index >= 15 is 0 Å². The average molecular weight is 314 g/mol. The van der Waals surface area contributed by atoms with E-state index in [0.29, 0.717) is 12.8 Å². The van der Waals surface area contributed by atoms with Crippen LogP contribution in [0.3, 0.4) is 0 Å². The summed E-state index contributed by atoms with van der Waals surface area (Å²) < 4.78 is 0. The lowest BCUT2D eigenvalue weighted by atomic mass is 9.83. The number of aliphatic imine (C=N–C) groups is 1. The van der Waals surface area contributed by atoms with Gasteiger partial charge in [-0.1, -0.05) is 66.7 Å². The van der Waals surface area contributed by atoms with Crippen LogP contribution in [0, 0.1) is 0 Å². The van der Waals surface area contributed by atoms with E-state index < -0.39 is 5.54 Å². The number of carbonyl (C=O) groups is 1. The van der Waals surface area contributed by atoms with Crippen LogP contribution in [0.2, 0.25) is 0 Å². The maximum Gasteiger partial charge on any atom is 0.274 e. The van der Waals surface area contributed by atoms with Crippen molar-refractivity contribution in [2.75, 3.05) is 0 Å². The van der Waals surface area contributed by atoms with Crippen molar-refractivity contribution in [1.82, 2.24) is 4.90 Å². The van der Waals surface area contributed by atoms with E-state index in [1.807, 2.05) is 65.7 Å². The molecule has 0 aliphatic carbocycles. The molecular weight excluding hydrogens is 296 g/mol. The predicted octanol–water partition coefficient (Wildman–Crippen LogP) is 3.53. The molecule has 0 radical (unpaired) electrons. The van der Waals surface area contributed by atoms with Crippen molar-refractivity contribution in [3.8, 4) is 0 Å². The molecule has 2 heterocycles. The molecular formula is C21H18N2O. The molecule has 2 aliphatic heterocycles. The first-order valence-corrected chi connectivity index (χ1v) is 8.13. The van der Waals surface area contributed by atoms with Crippen molar-refractivity contribution in [3.63, 3.8) is 0 Å². The van der Waals surface area contributed by atoms with Crippen molar-refractivity contribution < 1.29 is 4.79 Å². The highest BCUT2D eigenvalue weighted by Crippen LogP contribution is 2.34. The van der Waals surface area contributed by atoms with E-state index in [1.54, 1.807) is 0 Å². The first-order chi connectivity index (χ1) is 11.8. The molecule has 2 aliphatic rings. The average Bonchev–Trinajstić information content (AvgIpc) is 2.89. The number of hydrogen-bond donors (Lipinski definition) is 0. The second kappa shape index (κ2) is 5.93. The monoisotopic (exact) mass is 314 g/mol. The minimum atomic E-state index is -0.695. The molecule has 24 heavy (non-hydrogen) atoms. The summed E-state index contributed by atoms with van der Waals surface area (Å²) in [5.41, 5.74) is 1.58. The number of amidine groups is 1. The molecule has 1 amide bonds. The zero-order chi connectivity index (χ0) is 16.4. The van der Waals surface area contributed by atoms with Gasteiger partial charge in [0.2, 0.25) is 0 Å². The first kappa shape index (κ1) is 14.6. The maximum atomic E-state index is 13.0. The molecule has 2 aromatic rings. The fourth-order valence-electron chi connectivity index (χ4n) is 3.45. The Morgan fingerprint density at radius 1 is 0.833 bits per heavy atom. The molecule has 0 atom stereocenters. The molecule has 0 aromatic heterocycles. The van der Waals surface area contributed by atoms with E-state index in [0.717, 1.165) is 17.0 Å². The number of allylic oxidation sites excluding steroid dienone is 2. The number of hydrogen-bond acceptors (Lipinski definition) is 2. The molecule has 4 rings (SSSR count). The second-order valence-corrected chi connectivity index (χ2v) is 6.20. The van der Waals surface area contributed by atoms with Crippen molar-refractivity contribution in [3.05, 3.63) is 96.2 Å². The van der Waals surface area contributed by atoms with Crippen LogP contribution in [0.1, 0.15) is 11.1 Å². The van der Waals surface area contributed by atoms with Gasteiger partial charge in [0, 0.05) is 19.0 Å². The Morgan fingerprint density at radius 2 is 1.42 bits per heavy atom. The first-order valence-electron chi connectivity index (χ1n) is 8.13. The summed E-state index contributed by atoms with van der Waals surface area (Å²) in [4.78, 5) is 19.3. The van der Waals surface area contributed by atoms with E-state index in [1.165, 1.54) is 0 Å². The standard InChI is InChI=1S/C21H18N2O/c24-20-21(15-17-9-3-1-4-10-17,16-18-11-5-2-6-12-18)23-14-8-7-13-19(23)22-20/h1-14H,15-16H2. The highest BCUT2D eigenvalue weighted by atomic mass is 16.2. The molecule has 0 spiro atoms. The van der Waals surface area contributed by atoms with Gasteiger partial charge < -0.3 is 4.90 Å². The third kappa shape index (κ3) is 2.48. The molecule has 2 aromatic carbocycles. The Balaban J connectivity index is 1.77. The van der Waals surface area contributed by atoms with Gasteiger partial charge in [0.25, 0.3) is 5.91 Å². The van der Waals surface area contributed by atoms with Gasteiger partial charge in [-0.25, -0.2) is 0 Å². The zero-order valence-electron chi connectivity index (χ0n) is 13.3. The molecule has 0 bridgehead atoms. The van der Waals surface area contributed by atoms with Gasteiger partial charge in [-0.15, -0.1) is 0 Å². The second-order valence-electron chi connectivity index (χ2n) is 6.20. The Kier molecular flexibility index (Phi) is 3.62. The minimum absolute atomic E-state index is 0.0681. The number of benzene rings is 2. The summed E-state index contributed by atoms with van der Waals surface area (Å²) in [6.07, 6.45) is 9.01. The Hall–Kier alpha value is -2.94. The largest absolute Gasteiger partial charge is 0.317 e. The Labute approximate surface area is 141 Å². The van der Waals surface area contributed by atoms with Gasteiger partial charge in [0.15, 0.2) is 0 Å². The molecule has 3 nitrogen and oxygen atoms in total. The summed E-state index contributed by atoms with van der Waals surface area (Å²) >= 11 is 0. The number of amides is 1. The lowest BCUT2D eigenvalue weighted by molar-refractivity contribution is -0.124. The fraction of sp³-hybridized carbons (Fsp3) is 0.143. The number of carbonyl (C=O) groups excluding carboxylic acids is 1. The van der Waals surface area contributed by atoms with Crippen molar-refractivity contribution in [1.29, 1.82) is 0 Å². The van der Waals surface area contributed by atoms with Crippen LogP contribution in [-0.4, -0.2) is 22.2 Å². The van der Waals surface area contributed by atoms with Crippen LogP contribution in [0.25, 0.3) is 0 Å². The van der Waals surface area contributed by atoms with Crippen LogP contribution in [0.5, 0.6) is 0 Å². The summed E-state index contributed by atoms with van der Waals surface area (Å²) in [6, 6.07) is 20.3. The fourth-order valence-corrected chi connectivity index (χ4v) is 3.45. The topological polar surface area (TPSA) is 32.7 Å². The molecule has 0 saturated carbocycles. The smallest absolute Gasteiger partial charge is 0.274 e. The Bertz CT molecular complexity index is 793.